The Morgan fingerprint density at radius 3 is 2.43 bits per heavy atom. The smallest absolute Gasteiger partial charge is 0.350 e. The quantitative estimate of drug-likeness (QED) is 0.543. The molecule has 1 aliphatic heterocycles. The average Bonchev–Trinajstić information content (AvgIpc) is 2.86. The summed E-state index contributed by atoms with van der Waals surface area (Å²) >= 11 is 6.04. The minimum Gasteiger partial charge on any atom is -0.497 e. The SMILES string of the molecule is COc1ccc(NC(=O)[C@@H]2CC(=O)N(c3cccc(Cl)c3)C(=O)N2NC(=O)c2ccncc2)cc1. The molecule has 0 unspecified atom stereocenters. The molecular weight excluding hydrogens is 474 g/mol. The number of halogens is 1. The molecule has 0 radical (unpaired) electrons. The number of imide groups is 1. The summed E-state index contributed by atoms with van der Waals surface area (Å²) < 4.78 is 5.11. The minimum absolute atomic E-state index is 0.213. The number of anilines is 2. The van der Waals surface area contributed by atoms with Gasteiger partial charge in [0, 0.05) is 28.7 Å². The largest absolute Gasteiger partial charge is 0.497 e. The van der Waals surface area contributed by atoms with Crippen LogP contribution in [0.25, 0.3) is 0 Å². The van der Waals surface area contributed by atoms with Crippen LogP contribution in [0.2, 0.25) is 5.02 Å². The molecule has 3 aromatic rings. The van der Waals surface area contributed by atoms with E-state index in [1.807, 2.05) is 0 Å². The molecule has 2 heterocycles. The molecule has 11 heteroatoms. The Hall–Kier alpha value is -4.44. The molecule has 5 amide bonds. The monoisotopic (exact) mass is 493 g/mol. The lowest BCUT2D eigenvalue weighted by atomic mass is 10.1. The summed E-state index contributed by atoms with van der Waals surface area (Å²) in [5.74, 6) is -1.34. The van der Waals surface area contributed by atoms with Gasteiger partial charge in [-0.1, -0.05) is 17.7 Å². The summed E-state index contributed by atoms with van der Waals surface area (Å²) in [6, 6.07) is 13.4. The second kappa shape index (κ2) is 10.2. The van der Waals surface area contributed by atoms with Crippen LogP contribution in [0.4, 0.5) is 16.2 Å². The van der Waals surface area contributed by atoms with Crippen molar-refractivity contribution in [1.29, 1.82) is 0 Å². The number of amides is 5. The predicted molar refractivity (Wildman–Crippen MR) is 128 cm³/mol. The maximum atomic E-state index is 13.4. The van der Waals surface area contributed by atoms with Crippen LogP contribution in [-0.4, -0.2) is 46.9 Å². The van der Waals surface area contributed by atoms with Crippen molar-refractivity contribution in [3.63, 3.8) is 0 Å². The Morgan fingerprint density at radius 1 is 1.06 bits per heavy atom. The Kier molecular flexibility index (Phi) is 6.93. The fourth-order valence-corrected chi connectivity index (χ4v) is 3.66. The van der Waals surface area contributed by atoms with Crippen LogP contribution in [0.5, 0.6) is 5.75 Å². The van der Waals surface area contributed by atoms with Crippen LogP contribution in [0.1, 0.15) is 16.8 Å². The van der Waals surface area contributed by atoms with Crippen LogP contribution in [-0.2, 0) is 9.59 Å². The number of carbonyl (C=O) groups excluding carboxylic acids is 4. The molecule has 1 aromatic heterocycles. The van der Waals surface area contributed by atoms with E-state index in [1.54, 1.807) is 36.4 Å². The van der Waals surface area contributed by atoms with E-state index < -0.39 is 29.8 Å². The third-order valence-electron chi connectivity index (χ3n) is 5.22. The van der Waals surface area contributed by atoms with Gasteiger partial charge in [-0.2, -0.15) is 0 Å². The molecule has 2 N–H and O–H groups in total. The Labute approximate surface area is 205 Å². The van der Waals surface area contributed by atoms with E-state index in [1.165, 1.54) is 43.8 Å². The highest BCUT2D eigenvalue weighted by Gasteiger charge is 2.44. The van der Waals surface area contributed by atoms with Crippen molar-refractivity contribution in [2.75, 3.05) is 17.3 Å². The molecule has 4 rings (SSSR count). The summed E-state index contributed by atoms with van der Waals surface area (Å²) in [4.78, 5) is 57.1. The van der Waals surface area contributed by atoms with E-state index in [9.17, 15) is 19.2 Å². The summed E-state index contributed by atoms with van der Waals surface area (Å²) in [5.41, 5.74) is 3.32. The molecule has 0 aliphatic carbocycles. The molecule has 1 saturated heterocycles. The molecular formula is C24H20ClN5O5. The molecule has 0 bridgehead atoms. The molecule has 10 nitrogen and oxygen atoms in total. The van der Waals surface area contributed by atoms with Crippen LogP contribution in [0, 0.1) is 0 Å². The summed E-state index contributed by atoms with van der Waals surface area (Å²) in [7, 11) is 1.52. The number of aromatic nitrogens is 1. The zero-order chi connectivity index (χ0) is 24.9. The van der Waals surface area contributed by atoms with Crippen molar-refractivity contribution in [2.24, 2.45) is 0 Å². The number of urea groups is 1. The van der Waals surface area contributed by atoms with E-state index >= 15 is 0 Å². The Bertz CT molecular complexity index is 1270. The molecule has 1 atom stereocenters. The number of carbonyl (C=O) groups is 4. The highest BCUT2D eigenvalue weighted by Crippen LogP contribution is 2.27. The maximum Gasteiger partial charge on any atom is 0.350 e. The van der Waals surface area contributed by atoms with Gasteiger partial charge in [-0.05, 0) is 54.6 Å². The third kappa shape index (κ3) is 5.22. The normalized spacial score (nSPS) is 15.5. The summed E-state index contributed by atoms with van der Waals surface area (Å²) in [6.07, 6.45) is 2.46. The number of benzene rings is 2. The Balaban J connectivity index is 1.64. The van der Waals surface area contributed by atoms with Crippen molar-refractivity contribution < 1.29 is 23.9 Å². The standard InChI is InChI=1S/C24H20ClN5O5/c1-35-19-7-5-17(6-8-19)27-23(33)20-14-21(31)29(18-4-2-3-16(25)13-18)24(34)30(20)28-22(32)15-9-11-26-12-10-15/h2-13,20H,14H2,1H3,(H,27,33)(H,28,32)/t20-/m0/s1. The van der Waals surface area contributed by atoms with Gasteiger partial charge in [0.25, 0.3) is 5.91 Å². The van der Waals surface area contributed by atoms with Crippen LogP contribution >= 0.6 is 11.6 Å². The minimum atomic E-state index is -1.31. The van der Waals surface area contributed by atoms with Gasteiger partial charge in [0.15, 0.2) is 0 Å². The number of hydrazine groups is 1. The second-order valence-corrected chi connectivity index (χ2v) is 7.91. The van der Waals surface area contributed by atoms with E-state index in [2.05, 4.69) is 15.7 Å². The number of rotatable bonds is 6. The molecule has 35 heavy (non-hydrogen) atoms. The number of methoxy groups -OCH3 is 1. The van der Waals surface area contributed by atoms with E-state index in [0.29, 0.717) is 16.5 Å². The number of ether oxygens (including phenoxy) is 1. The number of hydrogen-bond donors (Lipinski definition) is 2. The zero-order valence-corrected chi connectivity index (χ0v) is 19.2. The molecule has 2 aromatic carbocycles. The van der Waals surface area contributed by atoms with Crippen LogP contribution in [0.3, 0.4) is 0 Å². The lowest BCUT2D eigenvalue weighted by Crippen LogP contribution is -2.65. The lowest BCUT2D eigenvalue weighted by molar-refractivity contribution is -0.128. The maximum absolute atomic E-state index is 13.4. The first-order valence-electron chi connectivity index (χ1n) is 10.4. The summed E-state index contributed by atoms with van der Waals surface area (Å²) in [5, 5.41) is 3.84. The number of nitrogens with one attached hydrogen (secondary N) is 2. The average molecular weight is 494 g/mol. The van der Waals surface area contributed by atoms with E-state index in [-0.39, 0.29) is 17.7 Å². The van der Waals surface area contributed by atoms with Gasteiger partial charge in [0.2, 0.25) is 11.8 Å². The van der Waals surface area contributed by atoms with Gasteiger partial charge in [-0.3, -0.25) is 24.8 Å². The summed E-state index contributed by atoms with van der Waals surface area (Å²) in [6.45, 7) is 0. The predicted octanol–water partition coefficient (Wildman–Crippen LogP) is 3.25. The first kappa shape index (κ1) is 23.7. The van der Waals surface area contributed by atoms with Gasteiger partial charge in [-0.25, -0.2) is 14.7 Å². The van der Waals surface area contributed by atoms with Crippen molar-refractivity contribution in [1.82, 2.24) is 15.4 Å². The first-order valence-corrected chi connectivity index (χ1v) is 10.8. The van der Waals surface area contributed by atoms with Crippen LogP contribution < -0.4 is 20.4 Å². The first-order chi connectivity index (χ1) is 16.9. The second-order valence-electron chi connectivity index (χ2n) is 7.48. The van der Waals surface area contributed by atoms with Crippen molar-refractivity contribution in [2.45, 2.75) is 12.5 Å². The van der Waals surface area contributed by atoms with Gasteiger partial charge in [0.1, 0.15) is 11.8 Å². The van der Waals surface area contributed by atoms with Crippen molar-refractivity contribution in [3.8, 4) is 5.75 Å². The van der Waals surface area contributed by atoms with Gasteiger partial charge in [-0.15, -0.1) is 0 Å². The highest BCUT2D eigenvalue weighted by molar-refractivity contribution is 6.31. The van der Waals surface area contributed by atoms with Gasteiger partial charge >= 0.3 is 6.03 Å². The van der Waals surface area contributed by atoms with E-state index in [4.69, 9.17) is 16.3 Å². The van der Waals surface area contributed by atoms with Crippen molar-refractivity contribution >= 4 is 46.7 Å². The third-order valence-corrected chi connectivity index (χ3v) is 5.45. The lowest BCUT2D eigenvalue weighted by Gasteiger charge is -2.39. The molecule has 0 spiro atoms. The van der Waals surface area contributed by atoms with Crippen molar-refractivity contribution in [3.05, 3.63) is 83.6 Å². The molecule has 178 valence electrons. The fraction of sp³-hybridized carbons (Fsp3) is 0.125. The van der Waals surface area contributed by atoms with E-state index in [0.717, 1.165) is 9.91 Å². The van der Waals surface area contributed by atoms with Gasteiger partial charge in [0.05, 0.1) is 19.2 Å². The Morgan fingerprint density at radius 2 is 1.77 bits per heavy atom. The number of hydrogen-bond acceptors (Lipinski definition) is 6. The topological polar surface area (TPSA) is 121 Å². The number of nitrogens with zero attached hydrogens (tertiary/aromatic N) is 3. The fourth-order valence-electron chi connectivity index (χ4n) is 3.48. The molecule has 1 aliphatic rings. The molecule has 0 saturated carbocycles. The zero-order valence-electron chi connectivity index (χ0n) is 18.5. The van der Waals surface area contributed by atoms with Crippen LogP contribution in [0.15, 0.2) is 73.1 Å². The highest BCUT2D eigenvalue weighted by atomic mass is 35.5. The van der Waals surface area contributed by atoms with Gasteiger partial charge < -0.3 is 10.1 Å². The molecule has 1 fully saturated rings. The number of pyridine rings is 1.